The summed E-state index contributed by atoms with van der Waals surface area (Å²) in [4.78, 5) is 28.7. The van der Waals surface area contributed by atoms with Crippen LogP contribution in [-0.4, -0.2) is 67.6 Å². The number of ether oxygens (including phenoxy) is 1. The number of nitrogens with zero attached hydrogens (tertiary/aromatic N) is 2. The second kappa shape index (κ2) is 9.17. The van der Waals surface area contributed by atoms with Crippen LogP contribution in [0.25, 0.3) is 0 Å². The maximum absolute atomic E-state index is 13.9. The van der Waals surface area contributed by atoms with Gasteiger partial charge >= 0.3 is 0 Å². The maximum atomic E-state index is 13.9. The average molecular weight is 409 g/mol. The van der Waals surface area contributed by atoms with Crippen LogP contribution in [-0.2, 0) is 9.53 Å². The lowest BCUT2D eigenvalue weighted by molar-refractivity contribution is -0.133. The van der Waals surface area contributed by atoms with E-state index in [0.29, 0.717) is 32.7 Å². The topological polar surface area (TPSA) is 75.9 Å². The van der Waals surface area contributed by atoms with Gasteiger partial charge in [-0.2, -0.15) is 0 Å². The van der Waals surface area contributed by atoms with Crippen LogP contribution in [0.5, 0.6) is 0 Å². The van der Waals surface area contributed by atoms with Crippen molar-refractivity contribution in [2.75, 3.05) is 39.9 Å². The van der Waals surface area contributed by atoms with Gasteiger partial charge in [-0.15, -0.1) is 0 Å². The first-order chi connectivity index (χ1) is 13.9. The Balaban J connectivity index is 1.61. The van der Waals surface area contributed by atoms with E-state index < -0.39 is 23.0 Å². The number of benzene rings is 1. The lowest BCUT2D eigenvalue weighted by atomic mass is 9.76. The van der Waals surface area contributed by atoms with Gasteiger partial charge in [0.2, 0.25) is 5.91 Å². The van der Waals surface area contributed by atoms with Crippen LogP contribution < -0.4 is 5.73 Å². The molecule has 160 valence electrons. The zero-order chi connectivity index (χ0) is 21.0. The third kappa shape index (κ3) is 4.75. The molecule has 2 aliphatic rings. The minimum Gasteiger partial charge on any atom is -0.385 e. The molecule has 0 radical (unpaired) electrons. The first-order valence-electron chi connectivity index (χ1n) is 10.1. The van der Waals surface area contributed by atoms with Crippen LogP contribution >= 0.6 is 0 Å². The van der Waals surface area contributed by atoms with Crippen molar-refractivity contribution in [1.82, 2.24) is 9.80 Å². The number of rotatable bonds is 6. The smallest absolute Gasteiger partial charge is 0.256 e. The Morgan fingerprint density at radius 2 is 1.97 bits per heavy atom. The molecule has 6 nitrogen and oxygen atoms in total. The molecule has 2 heterocycles. The summed E-state index contributed by atoms with van der Waals surface area (Å²) in [7, 11) is 1.62. The van der Waals surface area contributed by atoms with Crippen molar-refractivity contribution in [3.05, 3.63) is 35.4 Å². The molecule has 0 bridgehead atoms. The fourth-order valence-corrected chi connectivity index (χ4v) is 4.57. The standard InChI is InChI=1S/C21H29F2N3O3/c1-29-12-8-21(20(24)28)7-2-9-26(14-21)16-5-10-25(11-6-16)19(27)17-4-3-15(22)13-18(17)23/h3-4,13,16H,2,5-12,14H2,1H3,(H2,24,28). The number of nitrogens with two attached hydrogens (primary N) is 1. The number of hydrogen-bond acceptors (Lipinski definition) is 4. The van der Waals surface area contributed by atoms with Crippen LogP contribution in [0.3, 0.4) is 0 Å². The molecule has 2 aliphatic heterocycles. The van der Waals surface area contributed by atoms with Gasteiger partial charge in [0.1, 0.15) is 11.6 Å². The molecule has 0 saturated carbocycles. The lowest BCUT2D eigenvalue weighted by Gasteiger charge is -2.46. The van der Waals surface area contributed by atoms with E-state index in [1.807, 2.05) is 0 Å². The van der Waals surface area contributed by atoms with E-state index in [-0.39, 0.29) is 17.5 Å². The Bertz CT molecular complexity index is 753. The summed E-state index contributed by atoms with van der Waals surface area (Å²) in [6.07, 6.45) is 3.76. The molecule has 1 aromatic carbocycles. The normalized spacial score (nSPS) is 23.9. The number of carbonyl (C=O) groups excluding carboxylic acids is 2. The number of primary amides is 1. The summed E-state index contributed by atoms with van der Waals surface area (Å²) in [5, 5.41) is 0. The summed E-state index contributed by atoms with van der Waals surface area (Å²) < 4.78 is 32.2. The number of halogens is 2. The maximum Gasteiger partial charge on any atom is 0.256 e. The Kier molecular flexibility index (Phi) is 6.85. The van der Waals surface area contributed by atoms with Crippen LogP contribution in [0, 0.1) is 17.0 Å². The minimum absolute atomic E-state index is 0.102. The molecule has 0 spiro atoms. The van der Waals surface area contributed by atoms with E-state index in [9.17, 15) is 18.4 Å². The molecule has 1 aromatic rings. The fourth-order valence-electron chi connectivity index (χ4n) is 4.57. The Hall–Kier alpha value is -2.06. The Morgan fingerprint density at radius 3 is 2.59 bits per heavy atom. The molecule has 0 aliphatic carbocycles. The van der Waals surface area contributed by atoms with E-state index in [1.54, 1.807) is 12.0 Å². The van der Waals surface area contributed by atoms with Gasteiger partial charge in [-0.05, 0) is 50.8 Å². The Morgan fingerprint density at radius 1 is 1.24 bits per heavy atom. The molecule has 2 saturated heterocycles. The van der Waals surface area contributed by atoms with Gasteiger partial charge in [0.25, 0.3) is 5.91 Å². The highest BCUT2D eigenvalue weighted by atomic mass is 19.1. The van der Waals surface area contributed by atoms with E-state index in [2.05, 4.69) is 4.90 Å². The van der Waals surface area contributed by atoms with Crippen molar-refractivity contribution in [3.8, 4) is 0 Å². The average Bonchev–Trinajstić information content (AvgIpc) is 2.72. The lowest BCUT2D eigenvalue weighted by Crippen LogP contribution is -2.56. The number of amides is 2. The van der Waals surface area contributed by atoms with Crippen LogP contribution in [0.1, 0.15) is 42.5 Å². The molecule has 3 rings (SSSR count). The second-order valence-electron chi connectivity index (χ2n) is 8.11. The second-order valence-corrected chi connectivity index (χ2v) is 8.11. The van der Waals surface area contributed by atoms with Crippen molar-refractivity contribution in [2.45, 2.75) is 38.1 Å². The van der Waals surface area contributed by atoms with Gasteiger partial charge < -0.3 is 15.4 Å². The van der Waals surface area contributed by atoms with Gasteiger partial charge in [-0.25, -0.2) is 8.78 Å². The van der Waals surface area contributed by atoms with Crippen molar-refractivity contribution in [1.29, 1.82) is 0 Å². The van der Waals surface area contributed by atoms with Gasteiger partial charge in [0, 0.05) is 45.5 Å². The van der Waals surface area contributed by atoms with Gasteiger partial charge in [0.05, 0.1) is 11.0 Å². The summed E-state index contributed by atoms with van der Waals surface area (Å²) in [6, 6.07) is 3.27. The zero-order valence-electron chi connectivity index (χ0n) is 16.8. The van der Waals surface area contributed by atoms with E-state index in [4.69, 9.17) is 10.5 Å². The number of piperidine rings is 2. The van der Waals surface area contributed by atoms with E-state index in [1.165, 1.54) is 6.07 Å². The Labute approximate surface area is 170 Å². The molecule has 1 atom stereocenters. The summed E-state index contributed by atoms with van der Waals surface area (Å²) in [6.45, 7) is 2.99. The first-order valence-corrected chi connectivity index (χ1v) is 10.1. The highest BCUT2D eigenvalue weighted by Crippen LogP contribution is 2.35. The number of likely N-dealkylation sites (tertiary alicyclic amines) is 2. The highest BCUT2D eigenvalue weighted by molar-refractivity contribution is 5.94. The molecule has 2 amide bonds. The predicted molar refractivity (Wildman–Crippen MR) is 104 cm³/mol. The van der Waals surface area contributed by atoms with Gasteiger partial charge in [-0.3, -0.25) is 14.5 Å². The van der Waals surface area contributed by atoms with Crippen LogP contribution in [0.2, 0.25) is 0 Å². The summed E-state index contributed by atoms with van der Waals surface area (Å²) in [5.41, 5.74) is 5.08. The number of hydrogen-bond donors (Lipinski definition) is 1. The van der Waals surface area contributed by atoms with Crippen molar-refractivity contribution in [2.24, 2.45) is 11.1 Å². The van der Waals surface area contributed by atoms with E-state index >= 15 is 0 Å². The molecular weight excluding hydrogens is 380 g/mol. The highest BCUT2D eigenvalue weighted by Gasteiger charge is 2.42. The van der Waals surface area contributed by atoms with E-state index in [0.717, 1.165) is 44.4 Å². The van der Waals surface area contributed by atoms with Crippen LogP contribution in [0.15, 0.2) is 18.2 Å². The third-order valence-electron chi connectivity index (χ3n) is 6.34. The SMILES string of the molecule is COCCC1(C(N)=O)CCCN(C2CCN(C(=O)c3ccc(F)cc3F)CC2)C1. The monoisotopic (exact) mass is 409 g/mol. The molecule has 2 fully saturated rings. The first kappa shape index (κ1) is 21.6. The molecule has 8 heteroatoms. The third-order valence-corrected chi connectivity index (χ3v) is 6.34. The molecule has 0 aromatic heterocycles. The number of carbonyl (C=O) groups is 2. The van der Waals surface area contributed by atoms with Gasteiger partial charge in [0.15, 0.2) is 0 Å². The van der Waals surface area contributed by atoms with Crippen LogP contribution in [0.4, 0.5) is 8.78 Å². The minimum atomic E-state index is -0.836. The van der Waals surface area contributed by atoms with Gasteiger partial charge in [-0.1, -0.05) is 0 Å². The summed E-state index contributed by atoms with van der Waals surface area (Å²) >= 11 is 0. The largest absolute Gasteiger partial charge is 0.385 e. The number of methoxy groups -OCH3 is 1. The molecule has 29 heavy (non-hydrogen) atoms. The molecular formula is C21H29F2N3O3. The van der Waals surface area contributed by atoms with Crippen molar-refractivity contribution >= 4 is 11.8 Å². The predicted octanol–water partition coefficient (Wildman–Crippen LogP) is 2.17. The molecule has 1 unspecified atom stereocenters. The van der Waals surface area contributed by atoms with Crippen molar-refractivity contribution < 1.29 is 23.1 Å². The fraction of sp³-hybridized carbons (Fsp3) is 0.619. The zero-order valence-corrected chi connectivity index (χ0v) is 16.8. The molecule has 2 N–H and O–H groups in total. The van der Waals surface area contributed by atoms with Crippen molar-refractivity contribution in [3.63, 3.8) is 0 Å². The summed E-state index contributed by atoms with van der Waals surface area (Å²) in [5.74, 6) is -2.23. The quantitative estimate of drug-likeness (QED) is 0.781.